The van der Waals surface area contributed by atoms with E-state index in [-0.39, 0.29) is 11.3 Å². The summed E-state index contributed by atoms with van der Waals surface area (Å²) in [6, 6.07) is 64.0. The largest absolute Gasteiger partial charge is 0.417 e. The standard InChI is InChI=1S/C67H45F6N3/c1-39-10-5-14-43(28-39)47-20-24-59-53(32-47)54-33-48(44-15-6-11-40(2)29-44)21-25-60(54)75(59)63-36-51(38-74)52(65-57(66(68,69)70)18-9-19-58(65)67(71,72)73)37-64(63)76-61-26-22-49(45-16-7-12-41(3)30-45)34-55(61)56-35-50(23-27-62(56)76)46-17-8-13-42(4)31-46/h5-37H,1-4H3. The van der Waals surface area contributed by atoms with Gasteiger partial charge in [0.15, 0.2) is 0 Å². The quantitative estimate of drug-likeness (QED) is 0.147. The number of benzene rings is 10. The fourth-order valence-electron chi connectivity index (χ4n) is 11.1. The highest BCUT2D eigenvalue weighted by Crippen LogP contribution is 2.49. The first-order chi connectivity index (χ1) is 36.5. The van der Waals surface area contributed by atoms with Gasteiger partial charge < -0.3 is 9.13 Å². The van der Waals surface area contributed by atoms with E-state index in [2.05, 4.69) is 54.6 Å². The molecule has 0 saturated heterocycles. The van der Waals surface area contributed by atoms with Crippen molar-refractivity contribution in [3.63, 3.8) is 0 Å². The lowest BCUT2D eigenvalue weighted by Crippen LogP contribution is -2.15. The van der Waals surface area contributed by atoms with Crippen LogP contribution in [0.5, 0.6) is 0 Å². The van der Waals surface area contributed by atoms with Gasteiger partial charge in [0.1, 0.15) is 0 Å². The van der Waals surface area contributed by atoms with Crippen LogP contribution < -0.4 is 0 Å². The predicted molar refractivity (Wildman–Crippen MR) is 296 cm³/mol. The number of hydrogen-bond donors (Lipinski definition) is 0. The van der Waals surface area contributed by atoms with Gasteiger partial charge >= 0.3 is 12.4 Å². The number of aryl methyl sites for hydroxylation is 4. The Hall–Kier alpha value is -9.13. The van der Waals surface area contributed by atoms with E-state index in [0.29, 0.717) is 39.9 Å². The van der Waals surface area contributed by atoms with Gasteiger partial charge in [-0.3, -0.25) is 0 Å². The molecule has 0 atom stereocenters. The normalized spacial score (nSPS) is 12.1. The molecule has 0 radical (unpaired) electrons. The van der Waals surface area contributed by atoms with Crippen molar-refractivity contribution in [2.75, 3.05) is 0 Å². The summed E-state index contributed by atoms with van der Waals surface area (Å²) in [5.41, 5.74) is 10.3. The lowest BCUT2D eigenvalue weighted by molar-refractivity contribution is -0.142. The zero-order valence-corrected chi connectivity index (χ0v) is 41.7. The molecule has 0 N–H and O–H groups in total. The van der Waals surface area contributed by atoms with Crippen molar-refractivity contribution in [1.29, 1.82) is 5.26 Å². The maximum Gasteiger partial charge on any atom is 0.417 e. The van der Waals surface area contributed by atoms with Crippen molar-refractivity contribution in [1.82, 2.24) is 9.13 Å². The first kappa shape index (κ1) is 47.8. The van der Waals surface area contributed by atoms with E-state index in [0.717, 1.165) is 94.4 Å². The van der Waals surface area contributed by atoms with Gasteiger partial charge in [0, 0.05) is 32.7 Å². The molecule has 0 unspecified atom stereocenters. The van der Waals surface area contributed by atoms with Gasteiger partial charge in [-0.05, 0) is 145 Å². The predicted octanol–water partition coefficient (Wildman–Crippen LogP) is 19.4. The van der Waals surface area contributed by atoms with Crippen LogP contribution in [0.15, 0.2) is 200 Å². The summed E-state index contributed by atoms with van der Waals surface area (Å²) in [5.74, 6) is 0. The Bertz CT molecular complexity index is 4150. The van der Waals surface area contributed by atoms with Crippen LogP contribution in [-0.2, 0) is 12.4 Å². The molecular formula is C67H45F6N3. The van der Waals surface area contributed by atoms with Gasteiger partial charge in [-0.15, -0.1) is 0 Å². The van der Waals surface area contributed by atoms with Crippen molar-refractivity contribution in [3.8, 4) is 73.1 Å². The van der Waals surface area contributed by atoms with Gasteiger partial charge in [0.2, 0.25) is 0 Å². The van der Waals surface area contributed by atoms with Gasteiger partial charge in [0.25, 0.3) is 0 Å². The molecule has 0 amide bonds. The van der Waals surface area contributed by atoms with Crippen LogP contribution in [0.3, 0.4) is 0 Å². The number of nitriles is 1. The summed E-state index contributed by atoms with van der Waals surface area (Å²) in [7, 11) is 0. The molecule has 3 nitrogen and oxygen atoms in total. The third kappa shape index (κ3) is 8.27. The lowest BCUT2D eigenvalue weighted by atomic mass is 9.89. The molecule has 76 heavy (non-hydrogen) atoms. The van der Waals surface area contributed by atoms with Crippen molar-refractivity contribution in [3.05, 3.63) is 239 Å². The summed E-state index contributed by atoms with van der Waals surface area (Å²) in [5, 5.41) is 14.5. The molecule has 0 fully saturated rings. The Morgan fingerprint density at radius 1 is 0.342 bits per heavy atom. The highest BCUT2D eigenvalue weighted by Gasteiger charge is 2.42. The minimum Gasteiger partial charge on any atom is -0.307 e. The maximum atomic E-state index is 15.3. The molecule has 0 aliphatic heterocycles. The molecule has 0 aliphatic carbocycles. The third-order valence-electron chi connectivity index (χ3n) is 14.6. The molecule has 0 bridgehead atoms. The molecule has 2 aromatic heterocycles. The van der Waals surface area contributed by atoms with E-state index in [1.165, 1.54) is 12.1 Å². The third-order valence-corrected chi connectivity index (χ3v) is 14.6. The summed E-state index contributed by atoms with van der Waals surface area (Å²) in [4.78, 5) is 0. The van der Waals surface area contributed by atoms with Crippen LogP contribution >= 0.6 is 0 Å². The maximum absolute atomic E-state index is 15.3. The molecule has 2 heterocycles. The van der Waals surface area contributed by atoms with Crippen LogP contribution in [0.4, 0.5) is 26.3 Å². The van der Waals surface area contributed by atoms with E-state index in [9.17, 15) is 5.26 Å². The molecule has 0 aliphatic rings. The van der Waals surface area contributed by atoms with Gasteiger partial charge in [-0.1, -0.05) is 150 Å². The number of fused-ring (bicyclic) bond motifs is 6. The monoisotopic (exact) mass is 1010 g/mol. The Morgan fingerprint density at radius 3 is 0.921 bits per heavy atom. The second-order valence-electron chi connectivity index (χ2n) is 19.8. The summed E-state index contributed by atoms with van der Waals surface area (Å²) in [6.45, 7) is 8.11. The zero-order chi connectivity index (χ0) is 52.8. The van der Waals surface area contributed by atoms with Gasteiger partial charge in [-0.2, -0.15) is 31.6 Å². The van der Waals surface area contributed by atoms with Crippen LogP contribution in [-0.4, -0.2) is 9.13 Å². The number of rotatable bonds is 7. The smallest absolute Gasteiger partial charge is 0.307 e. The molecule has 370 valence electrons. The van der Waals surface area contributed by atoms with Crippen molar-refractivity contribution < 1.29 is 26.3 Å². The number of hydrogen-bond acceptors (Lipinski definition) is 1. The summed E-state index contributed by atoms with van der Waals surface area (Å²) in [6.07, 6.45) is -10.4. The number of nitrogens with zero attached hydrogens (tertiary/aromatic N) is 3. The van der Waals surface area contributed by atoms with Crippen LogP contribution in [0.25, 0.3) is 111 Å². The average molecular weight is 1010 g/mol. The summed E-state index contributed by atoms with van der Waals surface area (Å²) >= 11 is 0. The topological polar surface area (TPSA) is 33.6 Å². The molecule has 12 rings (SSSR count). The Kier molecular flexibility index (Phi) is 11.4. The van der Waals surface area contributed by atoms with E-state index in [1.54, 1.807) is 0 Å². The van der Waals surface area contributed by atoms with Crippen LogP contribution in [0.2, 0.25) is 0 Å². The van der Waals surface area contributed by atoms with Crippen molar-refractivity contribution in [2.45, 2.75) is 40.0 Å². The van der Waals surface area contributed by atoms with E-state index in [1.807, 2.05) is 158 Å². The highest BCUT2D eigenvalue weighted by atomic mass is 19.4. The molecule has 0 spiro atoms. The Labute approximate surface area is 434 Å². The highest BCUT2D eigenvalue weighted by molar-refractivity contribution is 6.14. The zero-order valence-electron chi connectivity index (χ0n) is 41.7. The minimum atomic E-state index is -5.22. The number of halogens is 6. The molecular weight excluding hydrogens is 961 g/mol. The second kappa shape index (κ2) is 18.1. The minimum absolute atomic E-state index is 0.259. The SMILES string of the molecule is Cc1cccc(-c2ccc3c(c2)c2cc(-c4cccc(C)c4)ccc2n3-c2cc(C#N)c(-c3c(C(F)(F)F)cccc3C(F)(F)F)cc2-n2c3ccc(-c4cccc(C)c4)cc3c3cc(-c4cccc(C)c4)ccc32)c1. The Morgan fingerprint density at radius 2 is 0.632 bits per heavy atom. The number of aromatic nitrogens is 2. The molecule has 9 heteroatoms. The van der Waals surface area contributed by atoms with Gasteiger partial charge in [-0.25, -0.2) is 0 Å². The first-order valence-electron chi connectivity index (χ1n) is 24.8. The van der Waals surface area contributed by atoms with Crippen LogP contribution in [0, 0.1) is 39.0 Å². The molecule has 12 aromatic rings. The number of alkyl halides is 6. The Balaban J connectivity index is 1.24. The van der Waals surface area contributed by atoms with Crippen molar-refractivity contribution >= 4 is 43.6 Å². The molecule has 10 aromatic carbocycles. The van der Waals surface area contributed by atoms with Gasteiger partial charge in [0.05, 0.1) is 56.2 Å². The van der Waals surface area contributed by atoms with E-state index < -0.39 is 34.6 Å². The van der Waals surface area contributed by atoms with E-state index in [4.69, 9.17) is 0 Å². The van der Waals surface area contributed by atoms with Crippen molar-refractivity contribution in [2.24, 2.45) is 0 Å². The molecule has 0 saturated carbocycles. The lowest BCUT2D eigenvalue weighted by Gasteiger charge is -2.23. The fourth-order valence-corrected chi connectivity index (χ4v) is 11.1. The fraction of sp³-hybridized carbons (Fsp3) is 0.0896. The average Bonchev–Trinajstić information content (AvgIpc) is 3.97. The van der Waals surface area contributed by atoms with Crippen LogP contribution in [0.1, 0.15) is 38.9 Å². The first-order valence-corrected chi connectivity index (χ1v) is 24.8. The second-order valence-corrected chi connectivity index (χ2v) is 19.8. The summed E-state index contributed by atoms with van der Waals surface area (Å²) < 4.78 is 95.6. The van der Waals surface area contributed by atoms with E-state index >= 15 is 26.3 Å².